The molecule has 1 aliphatic carbocycles. The van der Waals surface area contributed by atoms with E-state index in [4.69, 9.17) is 0 Å². The van der Waals surface area contributed by atoms with E-state index in [1.165, 1.54) is 5.56 Å². The van der Waals surface area contributed by atoms with Gasteiger partial charge in [0.05, 0.1) is 12.5 Å². The summed E-state index contributed by atoms with van der Waals surface area (Å²) in [6.45, 7) is -1.42. The summed E-state index contributed by atoms with van der Waals surface area (Å²) in [6.07, 6.45) is 2.11. The number of nitrogens with zero attached hydrogens (tertiary/aromatic N) is 2. The molecule has 0 spiro atoms. The molecule has 0 radical (unpaired) electrons. The molecule has 0 unspecified atom stereocenters. The van der Waals surface area contributed by atoms with Gasteiger partial charge < -0.3 is 9.88 Å². The molecule has 1 N–H and O–H groups in total. The predicted molar refractivity (Wildman–Crippen MR) is 98.4 cm³/mol. The smallest absolute Gasteiger partial charge is 0.255 e. The average molecular weight is 377 g/mol. The van der Waals surface area contributed by atoms with Crippen LogP contribution in [-0.4, -0.2) is 66.5 Å². The molecule has 2 atom stereocenters. The van der Waals surface area contributed by atoms with Crippen molar-refractivity contribution in [2.45, 2.75) is 18.9 Å². The van der Waals surface area contributed by atoms with Crippen LogP contribution in [0.1, 0.15) is 11.1 Å². The van der Waals surface area contributed by atoms with Gasteiger partial charge in [-0.1, -0.05) is 18.2 Å². The van der Waals surface area contributed by atoms with Gasteiger partial charge in [-0.15, -0.1) is 0 Å². The molecule has 0 fully saturated rings. The molecule has 7 heteroatoms. The first-order chi connectivity index (χ1) is 13.0. The number of benzene rings is 1. The molecule has 144 valence electrons. The molecule has 27 heavy (non-hydrogen) atoms. The zero-order valence-electron chi connectivity index (χ0n) is 15.1. The third kappa shape index (κ3) is 3.14. The van der Waals surface area contributed by atoms with Crippen LogP contribution in [-0.2, 0) is 11.2 Å². The number of hydrogen-bond donors (Lipinski definition) is 1. The Hall–Kier alpha value is -2.28. The Morgan fingerprint density at radius 1 is 1.41 bits per heavy atom. The number of aromatic amines is 1. The van der Waals surface area contributed by atoms with Crippen molar-refractivity contribution in [3.63, 3.8) is 0 Å². The minimum Gasteiger partial charge on any atom is -0.361 e. The van der Waals surface area contributed by atoms with Gasteiger partial charge in [-0.05, 0) is 36.2 Å². The SMILES string of the molecule is CN1C[C@H](C(=O)N(CCF)CC(F)F)C=C2c3cccc4[nH]cc(c34)C[C@H]21. The lowest BCUT2D eigenvalue weighted by Crippen LogP contribution is -2.48. The van der Waals surface area contributed by atoms with Crippen molar-refractivity contribution in [2.24, 2.45) is 5.92 Å². The topological polar surface area (TPSA) is 39.3 Å². The standard InChI is InChI=1S/C20H22F3N3O/c1-25-10-13(20(27)26(6-5-21)11-18(22)23)7-15-14-3-2-4-16-19(14)12(9-24-16)8-17(15)25/h2-4,7,9,13,17-18,24H,5-6,8,10-11H2,1H3/t13-,17-/m1/s1. The van der Waals surface area contributed by atoms with Gasteiger partial charge in [-0.25, -0.2) is 13.2 Å². The first-order valence-corrected chi connectivity index (χ1v) is 9.13. The molecule has 2 heterocycles. The largest absolute Gasteiger partial charge is 0.361 e. The molecular formula is C20H22F3N3O. The molecule has 2 aliphatic rings. The van der Waals surface area contributed by atoms with Crippen LogP contribution < -0.4 is 0 Å². The van der Waals surface area contributed by atoms with E-state index in [9.17, 15) is 18.0 Å². The number of fused-ring (bicyclic) bond motifs is 2. The number of carbonyl (C=O) groups is 1. The maximum absolute atomic E-state index is 12.8. The number of aromatic nitrogens is 1. The molecule has 1 aromatic heterocycles. The molecule has 0 saturated carbocycles. The fourth-order valence-corrected chi connectivity index (χ4v) is 4.40. The summed E-state index contributed by atoms with van der Waals surface area (Å²) in [5.41, 5.74) is 4.43. The van der Waals surface area contributed by atoms with Gasteiger partial charge in [0, 0.05) is 36.2 Å². The minimum absolute atomic E-state index is 0.146. The lowest BCUT2D eigenvalue weighted by molar-refractivity contribution is -0.137. The van der Waals surface area contributed by atoms with E-state index in [0.717, 1.165) is 33.4 Å². The normalized spacial score (nSPS) is 22.0. The maximum atomic E-state index is 12.8. The molecule has 4 nitrogen and oxygen atoms in total. The van der Waals surface area contributed by atoms with E-state index in [1.807, 2.05) is 37.5 Å². The summed E-state index contributed by atoms with van der Waals surface area (Å²) >= 11 is 0. The van der Waals surface area contributed by atoms with E-state index in [2.05, 4.69) is 9.88 Å². The molecular weight excluding hydrogens is 355 g/mol. The van der Waals surface area contributed by atoms with Gasteiger partial charge in [0.2, 0.25) is 5.91 Å². The van der Waals surface area contributed by atoms with E-state index in [1.54, 1.807) is 0 Å². The number of H-pyrrole nitrogens is 1. The van der Waals surface area contributed by atoms with Gasteiger partial charge in [-0.3, -0.25) is 9.69 Å². The summed E-state index contributed by atoms with van der Waals surface area (Å²) in [5.74, 6) is -0.986. The van der Waals surface area contributed by atoms with Crippen molar-refractivity contribution in [2.75, 3.05) is 33.4 Å². The predicted octanol–water partition coefficient (Wildman–Crippen LogP) is 3.10. The Morgan fingerprint density at radius 3 is 2.96 bits per heavy atom. The number of hydrogen-bond acceptors (Lipinski definition) is 2. The van der Waals surface area contributed by atoms with E-state index in [-0.39, 0.29) is 12.6 Å². The first kappa shape index (κ1) is 18.1. The number of nitrogens with one attached hydrogen (secondary N) is 1. The zero-order valence-corrected chi connectivity index (χ0v) is 15.1. The highest BCUT2D eigenvalue weighted by Crippen LogP contribution is 2.40. The van der Waals surface area contributed by atoms with Crippen molar-refractivity contribution < 1.29 is 18.0 Å². The number of carbonyl (C=O) groups excluding carboxylic acids is 1. The second-order valence-electron chi connectivity index (χ2n) is 7.29. The van der Waals surface area contributed by atoms with Crippen molar-refractivity contribution in [1.29, 1.82) is 0 Å². The third-order valence-corrected chi connectivity index (χ3v) is 5.61. The zero-order chi connectivity index (χ0) is 19.1. The number of amides is 1. The average Bonchev–Trinajstić information content (AvgIpc) is 3.06. The summed E-state index contributed by atoms with van der Waals surface area (Å²) in [4.78, 5) is 19.2. The van der Waals surface area contributed by atoms with Crippen LogP contribution in [0, 0.1) is 5.92 Å². The third-order valence-electron chi connectivity index (χ3n) is 5.61. The Bertz CT molecular complexity index is 892. The minimum atomic E-state index is -2.67. The van der Waals surface area contributed by atoms with Crippen molar-refractivity contribution >= 4 is 22.4 Å². The van der Waals surface area contributed by atoms with Crippen LogP contribution >= 0.6 is 0 Å². The fourth-order valence-electron chi connectivity index (χ4n) is 4.40. The van der Waals surface area contributed by atoms with Gasteiger partial charge in [0.25, 0.3) is 6.43 Å². The van der Waals surface area contributed by atoms with Crippen LogP contribution in [0.5, 0.6) is 0 Å². The van der Waals surface area contributed by atoms with Crippen LogP contribution in [0.2, 0.25) is 0 Å². The van der Waals surface area contributed by atoms with Crippen molar-refractivity contribution in [1.82, 2.24) is 14.8 Å². The fraction of sp³-hybridized carbons (Fsp3) is 0.450. The van der Waals surface area contributed by atoms with Crippen molar-refractivity contribution in [3.05, 3.63) is 41.6 Å². The lowest BCUT2D eigenvalue weighted by atomic mass is 9.79. The molecule has 1 amide bonds. The van der Waals surface area contributed by atoms with E-state index < -0.39 is 31.5 Å². The second-order valence-corrected chi connectivity index (χ2v) is 7.29. The summed E-state index contributed by atoms with van der Waals surface area (Å²) in [5, 5.41) is 1.16. The summed E-state index contributed by atoms with van der Waals surface area (Å²) in [6, 6.07) is 6.17. The Morgan fingerprint density at radius 2 is 2.22 bits per heavy atom. The number of likely N-dealkylation sites (N-methyl/N-ethyl adjacent to an activating group) is 1. The quantitative estimate of drug-likeness (QED) is 0.870. The molecule has 2 aromatic rings. The summed E-state index contributed by atoms with van der Waals surface area (Å²) < 4.78 is 38.4. The molecule has 1 aromatic carbocycles. The van der Waals surface area contributed by atoms with Crippen LogP contribution in [0.15, 0.2) is 30.5 Å². The van der Waals surface area contributed by atoms with Crippen LogP contribution in [0.4, 0.5) is 13.2 Å². The first-order valence-electron chi connectivity index (χ1n) is 9.13. The van der Waals surface area contributed by atoms with Gasteiger partial charge in [0.1, 0.15) is 6.67 Å². The Balaban J connectivity index is 1.71. The number of rotatable bonds is 5. The highest BCUT2D eigenvalue weighted by Gasteiger charge is 2.37. The Kier molecular flexibility index (Phi) is 4.72. The van der Waals surface area contributed by atoms with Gasteiger partial charge >= 0.3 is 0 Å². The second kappa shape index (κ2) is 7.03. The number of halogens is 3. The number of alkyl halides is 3. The highest BCUT2D eigenvalue weighted by molar-refractivity contribution is 5.99. The van der Waals surface area contributed by atoms with E-state index >= 15 is 0 Å². The molecule has 1 aliphatic heterocycles. The van der Waals surface area contributed by atoms with Crippen LogP contribution in [0.3, 0.4) is 0 Å². The lowest BCUT2D eigenvalue weighted by Gasteiger charge is -2.40. The van der Waals surface area contributed by atoms with Gasteiger partial charge in [0.15, 0.2) is 0 Å². The summed E-state index contributed by atoms with van der Waals surface area (Å²) in [7, 11) is 1.95. The molecule has 0 bridgehead atoms. The van der Waals surface area contributed by atoms with Crippen LogP contribution in [0.25, 0.3) is 16.5 Å². The molecule has 4 rings (SSSR count). The van der Waals surface area contributed by atoms with E-state index in [0.29, 0.717) is 6.54 Å². The Labute approximate surface area is 155 Å². The van der Waals surface area contributed by atoms with Crippen molar-refractivity contribution in [3.8, 4) is 0 Å². The van der Waals surface area contributed by atoms with Gasteiger partial charge in [-0.2, -0.15) is 0 Å². The highest BCUT2D eigenvalue weighted by atomic mass is 19.3. The molecule has 0 saturated heterocycles. The monoisotopic (exact) mass is 377 g/mol. The maximum Gasteiger partial charge on any atom is 0.255 e.